The van der Waals surface area contributed by atoms with Crippen molar-refractivity contribution < 1.29 is 4.79 Å². The van der Waals surface area contributed by atoms with Gasteiger partial charge in [-0.15, -0.1) is 12.4 Å². The summed E-state index contributed by atoms with van der Waals surface area (Å²) in [5, 5.41) is 3.93. The molecule has 2 fully saturated rings. The van der Waals surface area contributed by atoms with Crippen LogP contribution in [0.15, 0.2) is 29.3 Å². The van der Waals surface area contributed by atoms with E-state index in [4.69, 9.17) is 0 Å². The zero-order chi connectivity index (χ0) is 18.1. The van der Waals surface area contributed by atoms with E-state index in [0.29, 0.717) is 16.9 Å². The summed E-state index contributed by atoms with van der Waals surface area (Å²) in [7, 11) is 0. The normalized spacial score (nSPS) is 20.6. The SMILES string of the molecule is Cc1cccc2c(=O)n(CC(=O)N3CCC(N4CCNCC4)C3)cnc12.Cl. The maximum Gasteiger partial charge on any atom is 0.261 e. The minimum atomic E-state index is -0.148. The quantitative estimate of drug-likeness (QED) is 0.831. The van der Waals surface area contributed by atoms with Crippen LogP contribution in [0.4, 0.5) is 0 Å². The van der Waals surface area contributed by atoms with Gasteiger partial charge in [0.15, 0.2) is 0 Å². The highest BCUT2D eigenvalue weighted by Crippen LogP contribution is 2.17. The number of halogens is 1. The number of aryl methyl sites for hydroxylation is 1. The molecule has 0 radical (unpaired) electrons. The third-order valence-corrected chi connectivity index (χ3v) is 5.54. The Balaban J connectivity index is 0.00000210. The number of fused-ring (bicyclic) bond motifs is 1. The van der Waals surface area contributed by atoms with Crippen LogP contribution >= 0.6 is 12.4 Å². The van der Waals surface area contributed by atoms with Gasteiger partial charge >= 0.3 is 0 Å². The Morgan fingerprint density at radius 2 is 2.04 bits per heavy atom. The van der Waals surface area contributed by atoms with Crippen molar-refractivity contribution in [3.63, 3.8) is 0 Å². The fourth-order valence-corrected chi connectivity index (χ4v) is 4.01. The zero-order valence-corrected chi connectivity index (χ0v) is 16.4. The fourth-order valence-electron chi connectivity index (χ4n) is 4.01. The van der Waals surface area contributed by atoms with Gasteiger partial charge in [0.2, 0.25) is 5.91 Å². The predicted molar refractivity (Wildman–Crippen MR) is 107 cm³/mol. The largest absolute Gasteiger partial charge is 0.340 e. The van der Waals surface area contributed by atoms with Crippen LogP contribution in [0.1, 0.15) is 12.0 Å². The van der Waals surface area contributed by atoms with Gasteiger partial charge in [-0.2, -0.15) is 0 Å². The molecular formula is C19H26ClN5O2. The Morgan fingerprint density at radius 3 is 2.81 bits per heavy atom. The summed E-state index contributed by atoms with van der Waals surface area (Å²) in [5.74, 6) is -0.00135. The van der Waals surface area contributed by atoms with Crippen LogP contribution in [0.2, 0.25) is 0 Å². The molecule has 8 heteroatoms. The van der Waals surface area contributed by atoms with Gasteiger partial charge in [-0.25, -0.2) is 4.98 Å². The van der Waals surface area contributed by atoms with Crippen molar-refractivity contribution in [1.29, 1.82) is 0 Å². The van der Waals surface area contributed by atoms with Crippen molar-refractivity contribution in [2.75, 3.05) is 39.3 Å². The first-order valence-electron chi connectivity index (χ1n) is 9.31. The third kappa shape index (κ3) is 4.00. The first-order valence-corrected chi connectivity index (χ1v) is 9.31. The second-order valence-electron chi connectivity index (χ2n) is 7.22. The first-order chi connectivity index (χ1) is 12.6. The van der Waals surface area contributed by atoms with E-state index < -0.39 is 0 Å². The molecule has 2 aromatic rings. The lowest BCUT2D eigenvalue weighted by Gasteiger charge is -2.32. The van der Waals surface area contributed by atoms with Gasteiger partial charge in [0.25, 0.3) is 5.56 Å². The van der Waals surface area contributed by atoms with Crippen molar-refractivity contribution >= 4 is 29.2 Å². The lowest BCUT2D eigenvalue weighted by atomic mass is 10.1. The number of aromatic nitrogens is 2. The van der Waals surface area contributed by atoms with Gasteiger partial charge in [0, 0.05) is 45.3 Å². The number of hydrogen-bond acceptors (Lipinski definition) is 5. The molecule has 0 spiro atoms. The lowest BCUT2D eigenvalue weighted by molar-refractivity contribution is -0.131. The van der Waals surface area contributed by atoms with E-state index >= 15 is 0 Å². The van der Waals surface area contributed by atoms with E-state index in [-0.39, 0.29) is 30.4 Å². The molecule has 0 bridgehead atoms. The van der Waals surface area contributed by atoms with Gasteiger partial charge in [0.05, 0.1) is 17.2 Å². The minimum absolute atomic E-state index is 0. The summed E-state index contributed by atoms with van der Waals surface area (Å²) in [5.41, 5.74) is 1.53. The number of hydrogen-bond donors (Lipinski definition) is 1. The fraction of sp³-hybridized carbons (Fsp3) is 0.526. The van der Waals surface area contributed by atoms with E-state index in [1.54, 1.807) is 6.07 Å². The molecule has 1 N–H and O–H groups in total. The van der Waals surface area contributed by atoms with Crippen molar-refractivity contribution in [3.05, 3.63) is 40.4 Å². The van der Waals surface area contributed by atoms with Gasteiger partial charge < -0.3 is 10.2 Å². The molecule has 1 atom stereocenters. The molecule has 1 aromatic heterocycles. The van der Waals surface area contributed by atoms with Crippen LogP contribution < -0.4 is 10.9 Å². The molecule has 1 unspecified atom stereocenters. The van der Waals surface area contributed by atoms with E-state index in [0.717, 1.165) is 51.3 Å². The van der Waals surface area contributed by atoms with Crippen LogP contribution in [0, 0.1) is 6.92 Å². The Labute approximate surface area is 164 Å². The van der Waals surface area contributed by atoms with Crippen LogP contribution in [-0.4, -0.2) is 70.6 Å². The Kier molecular flexibility index (Phi) is 6.14. The van der Waals surface area contributed by atoms with Gasteiger partial charge in [-0.1, -0.05) is 12.1 Å². The molecule has 2 saturated heterocycles. The summed E-state index contributed by atoms with van der Waals surface area (Å²) in [4.78, 5) is 34.1. The van der Waals surface area contributed by atoms with Crippen LogP contribution in [-0.2, 0) is 11.3 Å². The number of rotatable bonds is 3. The standard InChI is InChI=1S/C19H25N5O2.ClH/c1-14-3-2-4-16-18(14)21-13-24(19(16)26)12-17(25)23-8-5-15(11-23)22-9-6-20-7-10-22;/h2-4,13,15,20H,5-12H2,1H3;1H. The average Bonchev–Trinajstić information content (AvgIpc) is 3.16. The number of amides is 1. The molecule has 1 aromatic carbocycles. The van der Waals surface area contributed by atoms with Crippen LogP contribution in [0.25, 0.3) is 10.9 Å². The molecule has 0 aliphatic carbocycles. The Hall–Kier alpha value is -1.96. The first kappa shape index (κ1) is 19.8. The van der Waals surface area contributed by atoms with Gasteiger partial charge in [-0.3, -0.25) is 19.1 Å². The summed E-state index contributed by atoms with van der Waals surface area (Å²) in [6.07, 6.45) is 2.51. The number of carbonyl (C=O) groups excluding carboxylic acids is 1. The monoisotopic (exact) mass is 391 g/mol. The summed E-state index contributed by atoms with van der Waals surface area (Å²) >= 11 is 0. The molecule has 4 rings (SSSR count). The molecule has 2 aliphatic rings. The molecule has 1 amide bonds. The number of carbonyl (C=O) groups is 1. The highest BCUT2D eigenvalue weighted by Gasteiger charge is 2.31. The number of nitrogens with zero attached hydrogens (tertiary/aromatic N) is 4. The van der Waals surface area contributed by atoms with Crippen molar-refractivity contribution in [2.45, 2.75) is 25.9 Å². The second-order valence-corrected chi connectivity index (χ2v) is 7.22. The highest BCUT2D eigenvalue weighted by atomic mass is 35.5. The number of para-hydroxylation sites is 1. The number of piperazine rings is 1. The average molecular weight is 392 g/mol. The Morgan fingerprint density at radius 1 is 1.26 bits per heavy atom. The third-order valence-electron chi connectivity index (χ3n) is 5.54. The smallest absolute Gasteiger partial charge is 0.261 e. The number of nitrogens with one attached hydrogen (secondary N) is 1. The summed E-state index contributed by atoms with van der Waals surface area (Å²) < 4.78 is 1.43. The van der Waals surface area contributed by atoms with Crippen LogP contribution in [0.3, 0.4) is 0 Å². The highest BCUT2D eigenvalue weighted by molar-refractivity contribution is 5.85. The van der Waals surface area contributed by atoms with E-state index in [1.165, 1.54) is 10.9 Å². The van der Waals surface area contributed by atoms with E-state index in [1.807, 2.05) is 24.0 Å². The van der Waals surface area contributed by atoms with Gasteiger partial charge in [-0.05, 0) is 25.0 Å². The van der Waals surface area contributed by atoms with Gasteiger partial charge in [0.1, 0.15) is 6.54 Å². The zero-order valence-electron chi connectivity index (χ0n) is 15.6. The topological polar surface area (TPSA) is 70.5 Å². The lowest BCUT2D eigenvalue weighted by Crippen LogP contribution is -2.49. The molecule has 7 nitrogen and oxygen atoms in total. The van der Waals surface area contributed by atoms with Crippen molar-refractivity contribution in [1.82, 2.24) is 24.7 Å². The molecule has 146 valence electrons. The summed E-state index contributed by atoms with van der Waals surface area (Å²) in [6, 6.07) is 6.00. The number of benzene rings is 1. The molecular weight excluding hydrogens is 366 g/mol. The van der Waals surface area contributed by atoms with Crippen LogP contribution in [0.5, 0.6) is 0 Å². The van der Waals surface area contributed by atoms with E-state index in [9.17, 15) is 9.59 Å². The predicted octanol–water partition coefficient (Wildman–Crippen LogP) is 0.633. The maximum absolute atomic E-state index is 12.7. The Bertz CT molecular complexity index is 878. The molecule has 27 heavy (non-hydrogen) atoms. The second kappa shape index (κ2) is 8.37. The van der Waals surface area contributed by atoms with E-state index in [2.05, 4.69) is 15.2 Å². The molecule has 0 saturated carbocycles. The van der Waals surface area contributed by atoms with Crippen molar-refractivity contribution in [2.24, 2.45) is 0 Å². The molecule has 2 aliphatic heterocycles. The number of likely N-dealkylation sites (tertiary alicyclic amines) is 1. The minimum Gasteiger partial charge on any atom is -0.340 e. The van der Waals surface area contributed by atoms with Crippen molar-refractivity contribution in [3.8, 4) is 0 Å². The molecule has 3 heterocycles. The maximum atomic E-state index is 12.7. The summed E-state index contributed by atoms with van der Waals surface area (Å²) in [6.45, 7) is 7.63.